The average Bonchev–Trinajstić information content (AvgIpc) is 3.23. The Morgan fingerprint density at radius 1 is 1.18 bits per heavy atom. The highest BCUT2D eigenvalue weighted by molar-refractivity contribution is 7.14. The van der Waals surface area contributed by atoms with E-state index >= 15 is 0 Å². The molecule has 1 saturated heterocycles. The lowest BCUT2D eigenvalue weighted by Crippen LogP contribution is -2.38. The molecule has 0 unspecified atom stereocenters. The number of carbonyl (C=O) groups is 1. The first kappa shape index (κ1) is 25.5. The maximum absolute atomic E-state index is 12.5. The maximum atomic E-state index is 12.5. The Balaban J connectivity index is 1.68. The minimum atomic E-state index is -0.325. The summed E-state index contributed by atoms with van der Waals surface area (Å²) in [5.74, 6) is 8.51. The summed E-state index contributed by atoms with van der Waals surface area (Å²) < 4.78 is 5.59. The molecule has 3 heterocycles. The largest absolute Gasteiger partial charge is 0.381 e. The molecule has 5 heteroatoms. The van der Waals surface area contributed by atoms with E-state index in [0.717, 1.165) is 68.5 Å². The molecule has 1 saturated carbocycles. The third-order valence-corrected chi connectivity index (χ3v) is 8.74. The molecule has 1 aromatic rings. The summed E-state index contributed by atoms with van der Waals surface area (Å²) in [7, 11) is 0. The van der Waals surface area contributed by atoms with Crippen LogP contribution in [0.2, 0.25) is 0 Å². The van der Waals surface area contributed by atoms with Crippen molar-refractivity contribution < 1.29 is 9.53 Å². The molecular formula is C29H42N2O2S. The molecular weight excluding hydrogens is 440 g/mol. The summed E-state index contributed by atoms with van der Waals surface area (Å²) in [4.78, 5) is 16.8. The first-order valence-electron chi connectivity index (χ1n) is 13.2. The van der Waals surface area contributed by atoms with Crippen LogP contribution in [0.5, 0.6) is 0 Å². The van der Waals surface area contributed by atoms with E-state index in [1.54, 1.807) is 5.57 Å². The topological polar surface area (TPSA) is 55.6 Å². The highest BCUT2D eigenvalue weighted by atomic mass is 32.1. The van der Waals surface area contributed by atoms with Gasteiger partial charge in [0.15, 0.2) is 0 Å². The standard InChI is InChI=1S/C29H42N2O2S/c1-20-5-7-22(8-6-20)24-10-14-31(18-21-11-15-33-16-12-21)19-26(24)25-17-23(9-13-29(2,3)4)34-27(25)28(30)32/h17,20-22H,5-8,10-12,14-16,18-19H2,1-4H3,(H2,30,32). The van der Waals surface area contributed by atoms with Crippen LogP contribution in [0.3, 0.4) is 0 Å². The van der Waals surface area contributed by atoms with Gasteiger partial charge >= 0.3 is 0 Å². The molecule has 0 aromatic carbocycles. The van der Waals surface area contributed by atoms with Gasteiger partial charge in [0.05, 0.1) is 4.88 Å². The van der Waals surface area contributed by atoms with Crippen molar-refractivity contribution >= 4 is 22.8 Å². The number of rotatable bonds is 5. The van der Waals surface area contributed by atoms with Crippen molar-refractivity contribution in [2.45, 2.75) is 72.6 Å². The van der Waals surface area contributed by atoms with Crippen LogP contribution in [0, 0.1) is 35.0 Å². The number of ether oxygens (including phenoxy) is 1. The average molecular weight is 483 g/mol. The molecule has 4 nitrogen and oxygen atoms in total. The van der Waals surface area contributed by atoms with E-state index in [2.05, 4.69) is 50.5 Å². The van der Waals surface area contributed by atoms with E-state index in [0.29, 0.717) is 16.7 Å². The van der Waals surface area contributed by atoms with Gasteiger partial charge in [-0.1, -0.05) is 37.2 Å². The van der Waals surface area contributed by atoms with Crippen LogP contribution >= 0.6 is 11.3 Å². The zero-order valence-corrected chi connectivity index (χ0v) is 22.4. The Bertz CT molecular complexity index is 960. The predicted molar refractivity (Wildman–Crippen MR) is 142 cm³/mol. The minimum absolute atomic E-state index is 0.0778. The molecule has 1 aromatic heterocycles. The van der Waals surface area contributed by atoms with Crippen LogP contribution in [0.4, 0.5) is 0 Å². The number of nitrogens with two attached hydrogens (primary N) is 1. The summed E-state index contributed by atoms with van der Waals surface area (Å²) in [5.41, 5.74) is 9.85. The van der Waals surface area contributed by atoms with Crippen molar-refractivity contribution in [3.63, 3.8) is 0 Å². The van der Waals surface area contributed by atoms with E-state index in [1.165, 1.54) is 42.6 Å². The molecule has 186 valence electrons. The second-order valence-corrected chi connectivity index (χ2v) is 12.8. The predicted octanol–water partition coefficient (Wildman–Crippen LogP) is 5.96. The lowest BCUT2D eigenvalue weighted by Gasteiger charge is -2.38. The second-order valence-electron chi connectivity index (χ2n) is 11.7. The first-order chi connectivity index (χ1) is 16.2. The van der Waals surface area contributed by atoms with Crippen molar-refractivity contribution in [3.05, 3.63) is 27.0 Å². The molecule has 2 aliphatic heterocycles. The molecule has 3 aliphatic rings. The summed E-state index contributed by atoms with van der Waals surface area (Å²) in [6.07, 6.45) is 8.57. The van der Waals surface area contributed by atoms with Gasteiger partial charge in [0.25, 0.3) is 5.91 Å². The molecule has 1 aliphatic carbocycles. The van der Waals surface area contributed by atoms with Crippen molar-refractivity contribution in [1.82, 2.24) is 4.90 Å². The number of carbonyl (C=O) groups excluding carboxylic acids is 1. The van der Waals surface area contributed by atoms with Crippen LogP contribution < -0.4 is 5.73 Å². The summed E-state index contributed by atoms with van der Waals surface area (Å²) in [6.45, 7) is 13.7. The zero-order chi connectivity index (χ0) is 24.3. The Morgan fingerprint density at radius 3 is 2.53 bits per heavy atom. The van der Waals surface area contributed by atoms with Crippen molar-refractivity contribution in [3.8, 4) is 11.8 Å². The van der Waals surface area contributed by atoms with E-state index in [9.17, 15) is 4.79 Å². The van der Waals surface area contributed by atoms with E-state index in [1.807, 2.05) is 0 Å². The van der Waals surface area contributed by atoms with Crippen LogP contribution in [0.15, 0.2) is 11.6 Å². The molecule has 0 radical (unpaired) electrons. The Kier molecular flexibility index (Phi) is 8.23. The van der Waals surface area contributed by atoms with Gasteiger partial charge in [0, 0.05) is 43.8 Å². The molecule has 34 heavy (non-hydrogen) atoms. The molecule has 0 atom stereocenters. The van der Waals surface area contributed by atoms with Crippen LogP contribution in [0.25, 0.3) is 5.57 Å². The van der Waals surface area contributed by atoms with Gasteiger partial charge in [-0.2, -0.15) is 0 Å². The summed E-state index contributed by atoms with van der Waals surface area (Å²) >= 11 is 1.47. The third kappa shape index (κ3) is 6.53. The molecule has 4 rings (SSSR count). The fourth-order valence-electron chi connectivity index (χ4n) is 5.71. The molecule has 0 bridgehead atoms. The van der Waals surface area contributed by atoms with Crippen molar-refractivity contribution in [2.75, 3.05) is 32.8 Å². The first-order valence-corrected chi connectivity index (χ1v) is 14.0. The number of hydrogen-bond acceptors (Lipinski definition) is 4. The van der Waals surface area contributed by atoms with Gasteiger partial charge in [0.1, 0.15) is 4.88 Å². The molecule has 0 spiro atoms. The van der Waals surface area contributed by atoms with Crippen molar-refractivity contribution in [1.29, 1.82) is 0 Å². The Labute approximate surface area is 210 Å². The number of nitrogens with zero attached hydrogens (tertiary/aromatic N) is 1. The van der Waals surface area contributed by atoms with Crippen LogP contribution in [-0.2, 0) is 4.74 Å². The number of primary amides is 1. The Hall–Kier alpha value is -1.61. The third-order valence-electron chi connectivity index (χ3n) is 7.67. The number of thiophene rings is 1. The molecule has 2 fully saturated rings. The lowest BCUT2D eigenvalue weighted by molar-refractivity contribution is 0.0537. The normalized spacial score (nSPS) is 25.2. The molecule has 2 N–H and O–H groups in total. The second kappa shape index (κ2) is 11.0. The van der Waals surface area contributed by atoms with Crippen LogP contribution in [0.1, 0.15) is 92.8 Å². The highest BCUT2D eigenvalue weighted by Crippen LogP contribution is 2.42. The number of hydrogen-bond donors (Lipinski definition) is 1. The number of amides is 1. The summed E-state index contributed by atoms with van der Waals surface area (Å²) in [6, 6.07) is 2.15. The SMILES string of the molecule is CC1CCC(C2=C(c3cc(C#CC(C)(C)C)sc3C(N)=O)CN(CC3CCOCC3)CC2)CC1. The highest BCUT2D eigenvalue weighted by Gasteiger charge is 2.31. The Morgan fingerprint density at radius 2 is 1.88 bits per heavy atom. The molecule has 1 amide bonds. The minimum Gasteiger partial charge on any atom is -0.381 e. The fraction of sp³-hybridized carbons (Fsp3) is 0.690. The quantitative estimate of drug-likeness (QED) is 0.527. The zero-order valence-electron chi connectivity index (χ0n) is 21.5. The van der Waals surface area contributed by atoms with Gasteiger partial charge in [-0.3, -0.25) is 9.69 Å². The van der Waals surface area contributed by atoms with E-state index in [-0.39, 0.29) is 11.3 Å². The lowest BCUT2D eigenvalue weighted by atomic mass is 9.75. The maximum Gasteiger partial charge on any atom is 0.259 e. The van der Waals surface area contributed by atoms with Gasteiger partial charge in [-0.05, 0) is 82.3 Å². The summed E-state index contributed by atoms with van der Waals surface area (Å²) in [5, 5.41) is 0. The monoisotopic (exact) mass is 482 g/mol. The van der Waals surface area contributed by atoms with Gasteiger partial charge in [-0.25, -0.2) is 0 Å². The fourth-order valence-corrected chi connectivity index (χ4v) is 6.60. The van der Waals surface area contributed by atoms with Gasteiger partial charge in [-0.15, -0.1) is 11.3 Å². The van der Waals surface area contributed by atoms with E-state index < -0.39 is 0 Å². The van der Waals surface area contributed by atoms with E-state index in [4.69, 9.17) is 10.5 Å². The van der Waals surface area contributed by atoms with Gasteiger partial charge < -0.3 is 10.5 Å². The smallest absolute Gasteiger partial charge is 0.259 e. The van der Waals surface area contributed by atoms with Crippen LogP contribution in [-0.4, -0.2) is 43.7 Å². The van der Waals surface area contributed by atoms with Gasteiger partial charge in [0.2, 0.25) is 0 Å². The van der Waals surface area contributed by atoms with Crippen molar-refractivity contribution in [2.24, 2.45) is 28.9 Å².